The number of hydrogen-bond donors (Lipinski definition) is 1. The van der Waals surface area contributed by atoms with Gasteiger partial charge < -0.3 is 9.85 Å². The first-order chi connectivity index (χ1) is 3.68. The first-order valence-electron chi connectivity index (χ1n) is 1.82. The lowest BCUT2D eigenvalue weighted by Gasteiger charge is -1.61. The van der Waals surface area contributed by atoms with E-state index in [1.54, 1.807) is 14.2 Å². The Morgan fingerprint density at radius 2 is 2.14 bits per heavy atom. The van der Waals surface area contributed by atoms with Crippen molar-refractivity contribution in [3.8, 4) is 0 Å². The van der Waals surface area contributed by atoms with Crippen molar-refractivity contribution in [3.05, 3.63) is 0 Å². The minimum atomic E-state index is -1.11. The summed E-state index contributed by atoms with van der Waals surface area (Å²) in [7, 11) is 3.25. The van der Waals surface area contributed by atoms with Gasteiger partial charge >= 0.3 is 5.43 Å². The van der Waals surface area contributed by atoms with Crippen LogP contribution in [0.15, 0.2) is 0 Å². The van der Waals surface area contributed by atoms with Gasteiger partial charge in [0.15, 0.2) is 0 Å². The first-order valence-corrected chi connectivity index (χ1v) is 1.79. The Bertz CT molecular complexity index is 58.5. The highest BCUT2D eigenvalue weighted by Gasteiger charge is 1.71. The predicted octanol–water partition coefficient (Wildman–Crippen LogP) is 1.17. The highest BCUT2D eigenvalue weighted by molar-refractivity contribution is 6.60. The molecular formula is C3H7ClO3. The maximum absolute atomic E-state index is 9.17. The summed E-state index contributed by atoms with van der Waals surface area (Å²) in [6, 6.07) is 0. The van der Waals surface area contributed by atoms with Crippen molar-refractivity contribution in [1.29, 1.82) is 1.43 Å². The zero-order valence-corrected chi connectivity index (χ0v) is 4.86. The molecule has 0 aliphatic heterocycles. The van der Waals surface area contributed by atoms with E-state index in [0.717, 1.165) is 0 Å². The van der Waals surface area contributed by atoms with E-state index < -0.39 is 5.43 Å². The maximum Gasteiger partial charge on any atom is 0.401 e. The molecule has 0 rings (SSSR count). The Morgan fingerprint density at radius 1 is 2.00 bits per heavy atom. The van der Waals surface area contributed by atoms with E-state index >= 15 is 0 Å². The van der Waals surface area contributed by atoms with Gasteiger partial charge in [-0.3, -0.25) is 0 Å². The molecule has 0 heterocycles. The van der Waals surface area contributed by atoms with Gasteiger partial charge in [-0.15, -0.1) is 0 Å². The van der Waals surface area contributed by atoms with Crippen LogP contribution >= 0.6 is 11.6 Å². The minimum absolute atomic E-state index is 1.11. The number of ether oxygens (including phenoxy) is 1. The van der Waals surface area contributed by atoms with Gasteiger partial charge in [-0.2, -0.15) is 0 Å². The largest absolute Gasteiger partial charge is 0.469 e. The molecule has 3 nitrogen and oxygen atoms in total. The van der Waals surface area contributed by atoms with E-state index in [4.69, 9.17) is 6.23 Å². The van der Waals surface area contributed by atoms with E-state index in [9.17, 15) is 0 Å². The average molecular weight is 128 g/mol. The fourth-order valence-electron chi connectivity index (χ4n) is 0. The molecule has 0 aromatic rings. The van der Waals surface area contributed by atoms with Crippen molar-refractivity contribution in [2.75, 3.05) is 14.2 Å². The van der Waals surface area contributed by atoms with Gasteiger partial charge in [-0.05, 0) is 0 Å². The molecule has 0 aromatic heterocycles. The summed E-state index contributed by atoms with van der Waals surface area (Å²) in [6.07, 6.45) is 0. The Kier molecular flexibility index (Phi) is 8.84. The quantitative estimate of drug-likeness (QED) is 0.497. The molecule has 0 fully saturated rings. The average Bonchev–Trinajstić information content (AvgIpc) is 1.69. The van der Waals surface area contributed by atoms with E-state index in [-0.39, 0.29) is 0 Å². The third-order valence-electron chi connectivity index (χ3n) is 0. The summed E-state index contributed by atoms with van der Waals surface area (Å²) in [4.78, 5) is 9.17. The Morgan fingerprint density at radius 3 is 2.14 bits per heavy atom. The van der Waals surface area contributed by atoms with Crippen LogP contribution in [0.1, 0.15) is 0 Å². The molecule has 0 unspecified atom stereocenters. The lowest BCUT2D eigenvalue weighted by molar-refractivity contribution is 0.220. The van der Waals surface area contributed by atoms with Crippen LogP contribution < -0.4 is 0 Å². The standard InChI is InChI=1S/C2H6O.CHClO2/c1-3-2;2-1(3)4/h1-2H3;(H,3,4)/i/hD. The fraction of sp³-hybridized carbons (Fsp3) is 0.667. The molecule has 0 radical (unpaired) electrons. The first kappa shape index (κ1) is 6.72. The van der Waals surface area contributed by atoms with Crippen molar-refractivity contribution in [3.63, 3.8) is 0 Å². The van der Waals surface area contributed by atoms with Crippen molar-refractivity contribution in [2.45, 2.75) is 0 Å². The normalized spacial score (nSPS) is 7.57. The van der Waals surface area contributed by atoms with E-state index in [0.29, 0.717) is 0 Å². The highest BCUT2D eigenvalue weighted by atomic mass is 35.5. The van der Waals surface area contributed by atoms with Gasteiger partial charge in [0, 0.05) is 25.8 Å². The summed E-state index contributed by atoms with van der Waals surface area (Å²) < 4.78 is 9.93. The van der Waals surface area contributed by atoms with Gasteiger partial charge in [0.2, 0.25) is 0 Å². The van der Waals surface area contributed by atoms with Crippen LogP contribution in [0, 0.1) is 0 Å². The van der Waals surface area contributed by atoms with Gasteiger partial charge in [-0.1, -0.05) is 0 Å². The molecule has 0 amide bonds. The zero-order chi connectivity index (χ0) is 6.99. The third-order valence-corrected chi connectivity index (χ3v) is 0. The van der Waals surface area contributed by atoms with Gasteiger partial charge in [0.05, 0.1) is 0 Å². The molecule has 44 valence electrons. The Labute approximate surface area is 48.3 Å². The number of rotatable bonds is 0. The molecule has 0 bridgehead atoms. The Balaban J connectivity index is 0. The lowest BCUT2D eigenvalue weighted by atomic mass is 11.6. The Hall–Kier alpha value is -0.280. The van der Waals surface area contributed by atoms with Gasteiger partial charge in [0.1, 0.15) is 0 Å². The van der Waals surface area contributed by atoms with Crippen LogP contribution in [-0.2, 0) is 4.74 Å². The summed E-state index contributed by atoms with van der Waals surface area (Å²) in [5, 5.41) is 3.13. The molecule has 7 heavy (non-hydrogen) atoms. The van der Waals surface area contributed by atoms with Crippen LogP contribution in [-0.4, -0.2) is 24.8 Å². The summed E-state index contributed by atoms with van der Waals surface area (Å²) >= 11 is 4.41. The molecule has 0 saturated carbocycles. The number of hydrogen-bond acceptors (Lipinski definition) is 3. The van der Waals surface area contributed by atoms with Gasteiger partial charge in [-0.25, -0.2) is 4.79 Å². The highest BCUT2D eigenvalue weighted by Crippen LogP contribution is 1.67. The van der Waals surface area contributed by atoms with Gasteiger partial charge in [0.25, 0.3) is 1.43 Å². The van der Waals surface area contributed by atoms with Crippen molar-refractivity contribution >= 4 is 17.0 Å². The van der Waals surface area contributed by atoms with Crippen LogP contribution in [0.25, 0.3) is 1.43 Å². The molecule has 0 spiro atoms. The second kappa shape index (κ2) is 9.21. The van der Waals surface area contributed by atoms with E-state index in [1.807, 2.05) is 0 Å². The molecule has 0 aliphatic rings. The van der Waals surface area contributed by atoms with Crippen molar-refractivity contribution in [1.82, 2.24) is 0 Å². The van der Waals surface area contributed by atoms with E-state index in [2.05, 4.69) is 21.4 Å². The molecule has 0 atom stereocenters. The summed E-state index contributed by atoms with van der Waals surface area (Å²) in [5.74, 6) is 0. The lowest BCUT2D eigenvalue weighted by Crippen LogP contribution is -1.66. The van der Waals surface area contributed by atoms with Crippen LogP contribution in [0.5, 0.6) is 0 Å². The SMILES string of the molecule is COC.[2H]OC(=O)Cl. The number of carbonyl (C=O) groups is 1. The number of carboxylic acid groups (broad SMARTS) is 1. The molecule has 0 saturated heterocycles. The molecular weight excluding hydrogens is 119 g/mol. The molecule has 0 aromatic carbocycles. The smallest absolute Gasteiger partial charge is 0.401 e. The summed E-state index contributed by atoms with van der Waals surface area (Å²) in [6.45, 7) is 0. The van der Waals surface area contributed by atoms with Crippen LogP contribution in [0.4, 0.5) is 4.79 Å². The fourth-order valence-corrected chi connectivity index (χ4v) is 0. The second-order valence-electron chi connectivity index (χ2n) is 0.646. The van der Waals surface area contributed by atoms with E-state index in [1.165, 1.54) is 0 Å². The zero-order valence-electron chi connectivity index (χ0n) is 5.10. The monoisotopic (exact) mass is 127 g/mol. The second-order valence-corrected chi connectivity index (χ2v) is 0.954. The number of methoxy groups -OCH3 is 1. The maximum atomic E-state index is 9.17. The predicted molar refractivity (Wildman–Crippen MR) is 26.8 cm³/mol. The third kappa shape index (κ3) is 1010. The van der Waals surface area contributed by atoms with Crippen LogP contribution in [0.2, 0.25) is 0 Å². The molecule has 1 N–H and O–H groups in total. The minimum Gasteiger partial charge on any atom is -0.469 e. The van der Waals surface area contributed by atoms with Crippen molar-refractivity contribution in [2.24, 2.45) is 0 Å². The topological polar surface area (TPSA) is 46.5 Å². The number of halogens is 1. The molecule has 4 heteroatoms. The van der Waals surface area contributed by atoms with Crippen molar-refractivity contribution < 1.29 is 14.6 Å². The summed E-state index contributed by atoms with van der Waals surface area (Å²) in [5.41, 5.74) is -1.11. The van der Waals surface area contributed by atoms with Crippen LogP contribution in [0.3, 0.4) is 0 Å². The molecule has 0 aliphatic carbocycles.